The Bertz CT molecular complexity index is 647. The average Bonchev–Trinajstić information content (AvgIpc) is 2.59. The molecule has 0 unspecified atom stereocenters. The summed E-state index contributed by atoms with van der Waals surface area (Å²) in [6.07, 6.45) is 2.76. The second-order valence-electron chi connectivity index (χ2n) is 6.58. The predicted molar refractivity (Wildman–Crippen MR) is 97.6 cm³/mol. The zero-order valence-corrected chi connectivity index (χ0v) is 15.7. The summed E-state index contributed by atoms with van der Waals surface area (Å²) in [4.78, 5) is 14.4. The van der Waals surface area contributed by atoms with Crippen LogP contribution >= 0.6 is 0 Å². The minimum absolute atomic E-state index is 0.0736. The van der Waals surface area contributed by atoms with Gasteiger partial charge in [-0.3, -0.25) is 4.79 Å². The van der Waals surface area contributed by atoms with Gasteiger partial charge in [-0.1, -0.05) is 31.0 Å². The summed E-state index contributed by atoms with van der Waals surface area (Å²) in [7, 11) is -1.37. The SMILES string of the molecule is CCCCS(=O)(=O)N1CCC(C(=O)N(C)c2ccc(C)cc2)CC1. The lowest BCUT2D eigenvalue weighted by Gasteiger charge is -2.32. The van der Waals surface area contributed by atoms with Crippen LogP contribution in [-0.4, -0.2) is 44.5 Å². The Morgan fingerprint density at radius 3 is 2.33 bits per heavy atom. The van der Waals surface area contributed by atoms with Gasteiger partial charge in [0.15, 0.2) is 0 Å². The smallest absolute Gasteiger partial charge is 0.229 e. The molecule has 0 aliphatic carbocycles. The van der Waals surface area contributed by atoms with Gasteiger partial charge in [-0.05, 0) is 38.3 Å². The number of unbranched alkanes of at least 4 members (excludes halogenated alkanes) is 1. The third-order valence-electron chi connectivity index (χ3n) is 4.70. The Morgan fingerprint density at radius 2 is 1.79 bits per heavy atom. The van der Waals surface area contributed by atoms with Gasteiger partial charge in [0.1, 0.15) is 0 Å². The molecular weight excluding hydrogens is 324 g/mol. The summed E-state index contributed by atoms with van der Waals surface area (Å²) >= 11 is 0. The summed E-state index contributed by atoms with van der Waals surface area (Å²) in [6.45, 7) is 4.90. The molecule has 0 aromatic heterocycles. The van der Waals surface area contributed by atoms with E-state index in [-0.39, 0.29) is 17.6 Å². The molecule has 6 heteroatoms. The molecule has 24 heavy (non-hydrogen) atoms. The van der Waals surface area contributed by atoms with Gasteiger partial charge in [0.2, 0.25) is 15.9 Å². The van der Waals surface area contributed by atoms with E-state index in [4.69, 9.17) is 0 Å². The third-order valence-corrected chi connectivity index (χ3v) is 6.66. The molecule has 0 N–H and O–H groups in total. The molecular formula is C18H28N2O3S. The Balaban J connectivity index is 1.94. The van der Waals surface area contributed by atoms with E-state index in [1.807, 2.05) is 38.1 Å². The molecule has 1 aliphatic heterocycles. The van der Waals surface area contributed by atoms with Crippen LogP contribution in [0.1, 0.15) is 38.2 Å². The molecule has 0 atom stereocenters. The second-order valence-corrected chi connectivity index (χ2v) is 8.66. The fourth-order valence-electron chi connectivity index (χ4n) is 3.01. The van der Waals surface area contributed by atoms with E-state index < -0.39 is 10.0 Å². The summed E-state index contributed by atoms with van der Waals surface area (Å²) in [5.41, 5.74) is 2.04. The number of benzene rings is 1. The summed E-state index contributed by atoms with van der Waals surface area (Å²) in [6, 6.07) is 7.86. The topological polar surface area (TPSA) is 57.7 Å². The maximum absolute atomic E-state index is 12.7. The zero-order valence-electron chi connectivity index (χ0n) is 14.9. The van der Waals surface area contributed by atoms with Crippen LogP contribution in [0.3, 0.4) is 0 Å². The van der Waals surface area contributed by atoms with Gasteiger partial charge < -0.3 is 4.90 Å². The number of aryl methyl sites for hydroxylation is 1. The number of hydrogen-bond donors (Lipinski definition) is 0. The highest BCUT2D eigenvalue weighted by atomic mass is 32.2. The molecule has 1 heterocycles. The molecule has 1 amide bonds. The van der Waals surface area contributed by atoms with Crippen molar-refractivity contribution in [1.82, 2.24) is 4.31 Å². The first-order valence-electron chi connectivity index (χ1n) is 8.67. The van der Waals surface area contributed by atoms with Crippen LogP contribution in [0.2, 0.25) is 0 Å². The average molecular weight is 353 g/mol. The van der Waals surface area contributed by atoms with Crippen molar-refractivity contribution < 1.29 is 13.2 Å². The normalized spacial score (nSPS) is 17.0. The monoisotopic (exact) mass is 352 g/mol. The number of rotatable bonds is 6. The molecule has 134 valence electrons. The largest absolute Gasteiger partial charge is 0.315 e. The highest BCUT2D eigenvalue weighted by Crippen LogP contribution is 2.24. The molecule has 0 spiro atoms. The molecule has 1 aromatic carbocycles. The fraction of sp³-hybridized carbons (Fsp3) is 0.611. The van der Waals surface area contributed by atoms with Crippen LogP contribution in [0.15, 0.2) is 24.3 Å². The van der Waals surface area contributed by atoms with Gasteiger partial charge in [-0.2, -0.15) is 0 Å². The van der Waals surface area contributed by atoms with Crippen molar-refractivity contribution in [2.45, 2.75) is 39.5 Å². The number of anilines is 1. The van der Waals surface area contributed by atoms with Crippen molar-refractivity contribution in [3.05, 3.63) is 29.8 Å². The summed E-state index contributed by atoms with van der Waals surface area (Å²) in [5, 5.41) is 0. The van der Waals surface area contributed by atoms with Crippen LogP contribution < -0.4 is 4.90 Å². The fourth-order valence-corrected chi connectivity index (χ4v) is 4.69. The highest BCUT2D eigenvalue weighted by molar-refractivity contribution is 7.89. The van der Waals surface area contributed by atoms with Gasteiger partial charge in [-0.25, -0.2) is 12.7 Å². The minimum Gasteiger partial charge on any atom is -0.315 e. The lowest BCUT2D eigenvalue weighted by molar-refractivity contribution is -0.123. The summed E-state index contributed by atoms with van der Waals surface area (Å²) in [5.74, 6) is 0.184. The molecule has 1 fully saturated rings. The van der Waals surface area contributed by atoms with Gasteiger partial charge in [0, 0.05) is 31.7 Å². The number of carbonyl (C=O) groups excluding carboxylic acids is 1. The third kappa shape index (κ3) is 4.57. The molecule has 0 saturated carbocycles. The Kier molecular flexibility index (Phi) is 6.40. The first-order chi connectivity index (χ1) is 11.3. The van der Waals surface area contributed by atoms with Crippen molar-refractivity contribution >= 4 is 21.6 Å². The lowest BCUT2D eigenvalue weighted by atomic mass is 9.96. The van der Waals surface area contributed by atoms with E-state index in [1.54, 1.807) is 16.3 Å². The van der Waals surface area contributed by atoms with Crippen molar-refractivity contribution in [3.63, 3.8) is 0 Å². The predicted octanol–water partition coefficient (Wildman–Crippen LogP) is 2.80. The number of amides is 1. The Labute approximate surface area is 145 Å². The molecule has 2 rings (SSSR count). The van der Waals surface area contributed by atoms with Gasteiger partial charge >= 0.3 is 0 Å². The number of piperidine rings is 1. The van der Waals surface area contributed by atoms with Crippen LogP contribution in [0.25, 0.3) is 0 Å². The van der Waals surface area contributed by atoms with E-state index in [1.165, 1.54) is 0 Å². The highest BCUT2D eigenvalue weighted by Gasteiger charge is 2.32. The van der Waals surface area contributed by atoms with Gasteiger partial charge in [-0.15, -0.1) is 0 Å². The molecule has 0 radical (unpaired) electrons. The Hall–Kier alpha value is -1.40. The van der Waals surface area contributed by atoms with Crippen molar-refractivity contribution in [3.8, 4) is 0 Å². The van der Waals surface area contributed by atoms with E-state index in [0.717, 1.165) is 17.7 Å². The lowest BCUT2D eigenvalue weighted by Crippen LogP contribution is -2.44. The quantitative estimate of drug-likeness (QED) is 0.791. The maximum atomic E-state index is 12.7. The number of hydrogen-bond acceptors (Lipinski definition) is 3. The van der Waals surface area contributed by atoms with Gasteiger partial charge in [0.05, 0.1) is 5.75 Å². The number of sulfonamides is 1. The standard InChI is InChI=1S/C18H28N2O3S/c1-4-5-14-24(22,23)20-12-10-16(11-13-20)18(21)19(3)17-8-6-15(2)7-9-17/h6-9,16H,4-5,10-14H2,1-3H3. The van der Waals surface area contributed by atoms with E-state index in [9.17, 15) is 13.2 Å². The van der Waals surface area contributed by atoms with Crippen LogP contribution in [0.4, 0.5) is 5.69 Å². The van der Waals surface area contributed by atoms with E-state index in [2.05, 4.69) is 0 Å². The second kappa shape index (κ2) is 8.12. The summed E-state index contributed by atoms with van der Waals surface area (Å²) < 4.78 is 26.0. The van der Waals surface area contributed by atoms with Crippen molar-refractivity contribution in [1.29, 1.82) is 0 Å². The Morgan fingerprint density at radius 1 is 1.21 bits per heavy atom. The molecule has 1 aromatic rings. The maximum Gasteiger partial charge on any atom is 0.229 e. The zero-order chi connectivity index (χ0) is 17.7. The van der Waals surface area contributed by atoms with Crippen molar-refractivity contribution in [2.75, 3.05) is 30.8 Å². The number of nitrogens with zero attached hydrogens (tertiary/aromatic N) is 2. The number of carbonyl (C=O) groups is 1. The molecule has 0 bridgehead atoms. The molecule has 1 aliphatic rings. The minimum atomic E-state index is -3.16. The molecule has 5 nitrogen and oxygen atoms in total. The molecule has 1 saturated heterocycles. The van der Waals surface area contributed by atoms with Crippen LogP contribution in [-0.2, 0) is 14.8 Å². The van der Waals surface area contributed by atoms with Crippen LogP contribution in [0, 0.1) is 12.8 Å². The first-order valence-corrected chi connectivity index (χ1v) is 10.3. The van der Waals surface area contributed by atoms with Gasteiger partial charge in [0.25, 0.3) is 0 Å². The first kappa shape index (κ1) is 18.9. The van der Waals surface area contributed by atoms with Crippen LogP contribution in [0.5, 0.6) is 0 Å². The van der Waals surface area contributed by atoms with Crippen molar-refractivity contribution in [2.24, 2.45) is 5.92 Å². The van der Waals surface area contributed by atoms with E-state index >= 15 is 0 Å². The van der Waals surface area contributed by atoms with E-state index in [0.29, 0.717) is 32.4 Å².